The summed E-state index contributed by atoms with van der Waals surface area (Å²) in [5, 5.41) is 3.50. The van der Waals surface area contributed by atoms with Crippen LogP contribution in [0.5, 0.6) is 0 Å². The van der Waals surface area contributed by atoms with Gasteiger partial charge in [-0.3, -0.25) is 9.13 Å². The molecule has 1 N–H and O–H groups in total. The van der Waals surface area contributed by atoms with E-state index in [0.29, 0.717) is 0 Å². The maximum absolute atomic E-state index is 12.0. The van der Waals surface area contributed by atoms with E-state index in [1.54, 1.807) is 9.13 Å². The van der Waals surface area contributed by atoms with Crippen molar-refractivity contribution in [3.8, 4) is 0 Å². The molecule has 0 aromatic carbocycles. The van der Waals surface area contributed by atoms with Gasteiger partial charge in [0.05, 0.1) is 0 Å². The fourth-order valence-electron chi connectivity index (χ4n) is 2.89. The largest absolute Gasteiger partial charge is 0.328 e. The molecule has 108 valence electrons. The summed E-state index contributed by atoms with van der Waals surface area (Å²) < 4.78 is 3.58. The second-order valence-electron chi connectivity index (χ2n) is 5.98. The van der Waals surface area contributed by atoms with Gasteiger partial charge in [-0.05, 0) is 39.2 Å². The molecular formula is C15H27N3O. The zero-order valence-corrected chi connectivity index (χ0v) is 12.3. The summed E-state index contributed by atoms with van der Waals surface area (Å²) >= 11 is 0. The molecule has 0 saturated heterocycles. The van der Waals surface area contributed by atoms with Gasteiger partial charge in [0.1, 0.15) is 0 Å². The Balaban J connectivity index is 1.72. The quantitative estimate of drug-likeness (QED) is 0.802. The van der Waals surface area contributed by atoms with E-state index in [4.69, 9.17) is 0 Å². The van der Waals surface area contributed by atoms with Crippen LogP contribution in [0.2, 0.25) is 0 Å². The summed E-state index contributed by atoms with van der Waals surface area (Å²) in [5.41, 5.74) is 0.106. The van der Waals surface area contributed by atoms with Gasteiger partial charge in [0.2, 0.25) is 0 Å². The standard InChI is InChI=1S/C15H27N3O/c1-13(2)18-11-10-17(15(18)19)9-8-16-12-14-6-4-3-5-7-14/h10-11,13-14,16H,3-9,12H2,1-2H3. The summed E-state index contributed by atoms with van der Waals surface area (Å²) in [7, 11) is 0. The summed E-state index contributed by atoms with van der Waals surface area (Å²) in [6, 6.07) is 0.240. The van der Waals surface area contributed by atoms with Crippen molar-refractivity contribution in [2.45, 2.75) is 58.5 Å². The van der Waals surface area contributed by atoms with Crippen LogP contribution in [0, 0.1) is 5.92 Å². The summed E-state index contributed by atoms with van der Waals surface area (Å²) in [6.07, 6.45) is 10.7. The first-order chi connectivity index (χ1) is 9.18. The van der Waals surface area contributed by atoms with E-state index in [0.717, 1.165) is 25.6 Å². The third-order valence-electron chi connectivity index (χ3n) is 4.12. The number of imidazole rings is 1. The number of nitrogens with one attached hydrogen (secondary N) is 1. The molecule has 4 nitrogen and oxygen atoms in total. The first kappa shape index (κ1) is 14.4. The average Bonchev–Trinajstić information content (AvgIpc) is 2.77. The Labute approximate surface area is 115 Å². The predicted molar refractivity (Wildman–Crippen MR) is 78.5 cm³/mol. The van der Waals surface area contributed by atoms with Gasteiger partial charge in [0.15, 0.2) is 0 Å². The van der Waals surface area contributed by atoms with Crippen molar-refractivity contribution in [2.24, 2.45) is 5.92 Å². The fraction of sp³-hybridized carbons (Fsp3) is 0.800. The molecule has 1 fully saturated rings. The number of rotatable bonds is 6. The van der Waals surface area contributed by atoms with E-state index in [2.05, 4.69) is 5.32 Å². The van der Waals surface area contributed by atoms with Crippen LogP contribution < -0.4 is 11.0 Å². The lowest BCUT2D eigenvalue weighted by molar-refractivity contribution is 0.340. The third kappa shape index (κ3) is 3.96. The second kappa shape index (κ2) is 6.94. The van der Waals surface area contributed by atoms with Crippen molar-refractivity contribution in [3.05, 3.63) is 22.9 Å². The van der Waals surface area contributed by atoms with Gasteiger partial charge in [-0.2, -0.15) is 0 Å². The van der Waals surface area contributed by atoms with Crippen LogP contribution in [-0.4, -0.2) is 22.2 Å². The first-order valence-electron chi connectivity index (χ1n) is 7.66. The molecule has 4 heteroatoms. The van der Waals surface area contributed by atoms with E-state index < -0.39 is 0 Å². The molecule has 0 atom stereocenters. The zero-order chi connectivity index (χ0) is 13.7. The first-order valence-corrected chi connectivity index (χ1v) is 7.66. The Bertz CT molecular complexity index is 427. The maximum atomic E-state index is 12.0. The van der Waals surface area contributed by atoms with Gasteiger partial charge >= 0.3 is 5.69 Å². The van der Waals surface area contributed by atoms with Crippen LogP contribution in [0.25, 0.3) is 0 Å². The fourth-order valence-corrected chi connectivity index (χ4v) is 2.89. The highest BCUT2D eigenvalue weighted by Crippen LogP contribution is 2.22. The van der Waals surface area contributed by atoms with E-state index in [-0.39, 0.29) is 11.7 Å². The molecule has 19 heavy (non-hydrogen) atoms. The molecule has 0 aliphatic heterocycles. The lowest BCUT2D eigenvalue weighted by atomic mass is 9.89. The lowest BCUT2D eigenvalue weighted by Crippen LogP contribution is -2.31. The molecular weight excluding hydrogens is 238 g/mol. The zero-order valence-electron chi connectivity index (χ0n) is 12.3. The molecule has 2 rings (SSSR count). The molecule has 1 aliphatic rings. The molecule has 1 saturated carbocycles. The van der Waals surface area contributed by atoms with Crippen LogP contribution in [-0.2, 0) is 6.54 Å². The predicted octanol–water partition coefficient (Wildman–Crippen LogP) is 2.40. The Morgan fingerprint density at radius 2 is 2.00 bits per heavy atom. The number of hydrogen-bond acceptors (Lipinski definition) is 2. The summed E-state index contributed by atoms with van der Waals surface area (Å²) in [6.45, 7) is 6.84. The SMILES string of the molecule is CC(C)n1ccn(CCNCC2CCCCC2)c1=O. The van der Waals surface area contributed by atoms with Crippen LogP contribution in [0.1, 0.15) is 52.0 Å². The molecule has 1 aliphatic carbocycles. The van der Waals surface area contributed by atoms with Gasteiger partial charge in [0, 0.05) is 31.5 Å². The topological polar surface area (TPSA) is 39.0 Å². The molecule has 0 radical (unpaired) electrons. The van der Waals surface area contributed by atoms with Crippen molar-refractivity contribution < 1.29 is 0 Å². The van der Waals surface area contributed by atoms with Gasteiger partial charge in [-0.15, -0.1) is 0 Å². The Morgan fingerprint density at radius 3 is 2.63 bits per heavy atom. The smallest absolute Gasteiger partial charge is 0.315 e. The van der Waals surface area contributed by atoms with E-state index >= 15 is 0 Å². The number of aromatic nitrogens is 2. The highest BCUT2D eigenvalue weighted by atomic mass is 16.1. The Hall–Kier alpha value is -1.03. The molecule has 0 amide bonds. The Morgan fingerprint density at radius 1 is 1.26 bits per heavy atom. The molecule has 1 heterocycles. The van der Waals surface area contributed by atoms with Crippen molar-refractivity contribution >= 4 is 0 Å². The highest BCUT2D eigenvalue weighted by molar-refractivity contribution is 4.83. The second-order valence-corrected chi connectivity index (χ2v) is 5.98. The van der Waals surface area contributed by atoms with Crippen molar-refractivity contribution in [3.63, 3.8) is 0 Å². The van der Waals surface area contributed by atoms with Gasteiger partial charge in [-0.1, -0.05) is 19.3 Å². The lowest BCUT2D eigenvalue weighted by Gasteiger charge is -2.21. The van der Waals surface area contributed by atoms with Crippen LogP contribution >= 0.6 is 0 Å². The van der Waals surface area contributed by atoms with E-state index in [9.17, 15) is 4.79 Å². The molecule has 0 spiro atoms. The maximum Gasteiger partial charge on any atom is 0.328 e. The van der Waals surface area contributed by atoms with Gasteiger partial charge in [0.25, 0.3) is 0 Å². The average molecular weight is 265 g/mol. The minimum atomic E-state index is 0.106. The van der Waals surface area contributed by atoms with Crippen LogP contribution in [0.3, 0.4) is 0 Å². The van der Waals surface area contributed by atoms with E-state index in [1.807, 2.05) is 26.2 Å². The minimum Gasteiger partial charge on any atom is -0.315 e. The normalized spacial score (nSPS) is 17.2. The van der Waals surface area contributed by atoms with E-state index in [1.165, 1.54) is 32.1 Å². The number of hydrogen-bond donors (Lipinski definition) is 1. The van der Waals surface area contributed by atoms with Gasteiger partial charge in [-0.25, -0.2) is 4.79 Å². The van der Waals surface area contributed by atoms with Crippen LogP contribution in [0.15, 0.2) is 17.2 Å². The molecule has 1 aromatic heterocycles. The molecule has 1 aromatic rings. The van der Waals surface area contributed by atoms with Crippen molar-refractivity contribution in [1.29, 1.82) is 0 Å². The number of nitrogens with zero attached hydrogens (tertiary/aromatic N) is 2. The van der Waals surface area contributed by atoms with Gasteiger partial charge < -0.3 is 5.32 Å². The van der Waals surface area contributed by atoms with Crippen molar-refractivity contribution in [1.82, 2.24) is 14.5 Å². The highest BCUT2D eigenvalue weighted by Gasteiger charge is 2.12. The molecule has 0 bridgehead atoms. The summed E-state index contributed by atoms with van der Waals surface area (Å²) in [4.78, 5) is 12.0. The Kier molecular flexibility index (Phi) is 5.25. The van der Waals surface area contributed by atoms with Crippen molar-refractivity contribution in [2.75, 3.05) is 13.1 Å². The molecule has 0 unspecified atom stereocenters. The summed E-state index contributed by atoms with van der Waals surface area (Å²) in [5.74, 6) is 0.853. The minimum absolute atomic E-state index is 0.106. The van der Waals surface area contributed by atoms with Crippen LogP contribution in [0.4, 0.5) is 0 Å². The monoisotopic (exact) mass is 265 g/mol. The third-order valence-corrected chi connectivity index (χ3v) is 4.12.